The fourth-order valence-electron chi connectivity index (χ4n) is 3.86. The highest BCUT2D eigenvalue weighted by molar-refractivity contribution is 6.24. The van der Waals surface area contributed by atoms with E-state index < -0.39 is 17.8 Å². The third-order valence-electron chi connectivity index (χ3n) is 5.04. The highest BCUT2D eigenvalue weighted by atomic mass is 16.2. The Hall–Kier alpha value is -2.43. The maximum absolute atomic E-state index is 12.8. The number of fused-ring (bicyclic) bond motifs is 1. The summed E-state index contributed by atoms with van der Waals surface area (Å²) in [6.07, 6.45) is 3.68. The van der Waals surface area contributed by atoms with E-state index in [9.17, 15) is 14.4 Å². The number of hydrogen-bond donors (Lipinski definition) is 0. The second kappa shape index (κ2) is 4.29. The van der Waals surface area contributed by atoms with Crippen LogP contribution in [0.2, 0.25) is 0 Å². The van der Waals surface area contributed by atoms with E-state index in [1.165, 1.54) is 4.90 Å². The quantitative estimate of drug-likeness (QED) is 0.576. The molecule has 22 heavy (non-hydrogen) atoms. The number of rotatable bonds is 1. The van der Waals surface area contributed by atoms with Crippen molar-refractivity contribution in [3.05, 3.63) is 42.0 Å². The van der Waals surface area contributed by atoms with Crippen LogP contribution in [0.1, 0.15) is 5.56 Å². The van der Waals surface area contributed by atoms with Crippen molar-refractivity contribution in [1.82, 2.24) is 4.90 Å². The number of piperidine rings is 1. The van der Waals surface area contributed by atoms with Crippen molar-refractivity contribution in [3.63, 3.8) is 0 Å². The van der Waals surface area contributed by atoms with Crippen LogP contribution in [0.15, 0.2) is 36.4 Å². The van der Waals surface area contributed by atoms with Gasteiger partial charge in [0.25, 0.3) is 0 Å². The van der Waals surface area contributed by atoms with Gasteiger partial charge in [-0.1, -0.05) is 29.8 Å². The van der Waals surface area contributed by atoms with Gasteiger partial charge in [0.2, 0.25) is 17.7 Å². The van der Waals surface area contributed by atoms with E-state index in [0.717, 1.165) is 5.56 Å². The molecule has 3 heterocycles. The minimum Gasteiger partial charge on any atom is -0.338 e. The Labute approximate surface area is 128 Å². The van der Waals surface area contributed by atoms with Gasteiger partial charge in [-0.05, 0) is 19.1 Å². The molecular weight excluding hydrogens is 280 g/mol. The third-order valence-corrected chi connectivity index (χ3v) is 5.04. The molecule has 1 aliphatic carbocycles. The van der Waals surface area contributed by atoms with E-state index in [4.69, 9.17) is 0 Å². The Balaban J connectivity index is 1.78. The second-order valence-electron chi connectivity index (χ2n) is 6.25. The summed E-state index contributed by atoms with van der Waals surface area (Å²) in [5.41, 5.74) is 1.65. The highest BCUT2D eigenvalue weighted by Gasteiger charge is 2.61. The normalized spacial score (nSPS) is 32.9. The Morgan fingerprint density at radius 2 is 1.50 bits per heavy atom. The van der Waals surface area contributed by atoms with Gasteiger partial charge in [-0.2, -0.15) is 0 Å². The first-order valence-corrected chi connectivity index (χ1v) is 7.40. The van der Waals surface area contributed by atoms with Crippen molar-refractivity contribution in [2.45, 2.75) is 13.0 Å². The molecule has 0 saturated carbocycles. The summed E-state index contributed by atoms with van der Waals surface area (Å²) in [4.78, 5) is 40.7. The predicted octanol–water partition coefficient (Wildman–Crippen LogP) is 1.13. The molecule has 0 spiro atoms. The maximum atomic E-state index is 12.8. The molecule has 3 aliphatic heterocycles. The molecule has 4 atom stereocenters. The number of aryl methyl sites for hydroxylation is 1. The summed E-state index contributed by atoms with van der Waals surface area (Å²) in [7, 11) is 1.70. The fraction of sp³-hybridized carbons (Fsp3) is 0.353. The van der Waals surface area contributed by atoms with Crippen LogP contribution in [-0.4, -0.2) is 35.7 Å². The van der Waals surface area contributed by atoms with Crippen LogP contribution in [0.25, 0.3) is 0 Å². The van der Waals surface area contributed by atoms with Gasteiger partial charge in [0.15, 0.2) is 0 Å². The van der Waals surface area contributed by atoms with Gasteiger partial charge in [-0.25, -0.2) is 4.90 Å². The SMILES string of the molecule is Cc1ccc(N2C(=O)[C@@H]3[C@@H](C2=O)[C@@H]2C=C[C@@H]3C(=O)N2C)cc1. The molecule has 0 unspecified atom stereocenters. The molecule has 5 heteroatoms. The van der Waals surface area contributed by atoms with Crippen LogP contribution in [0.4, 0.5) is 5.69 Å². The predicted molar refractivity (Wildman–Crippen MR) is 79.8 cm³/mol. The minimum absolute atomic E-state index is 0.0688. The molecule has 1 aromatic rings. The molecular formula is C17H16N2O3. The molecule has 2 bridgehead atoms. The van der Waals surface area contributed by atoms with Crippen LogP contribution >= 0.6 is 0 Å². The van der Waals surface area contributed by atoms with Gasteiger partial charge in [0, 0.05) is 7.05 Å². The summed E-state index contributed by atoms with van der Waals surface area (Å²) in [6, 6.07) is 7.01. The van der Waals surface area contributed by atoms with Gasteiger partial charge in [0.1, 0.15) is 0 Å². The molecule has 2 saturated heterocycles. The Morgan fingerprint density at radius 1 is 0.864 bits per heavy atom. The van der Waals surface area contributed by atoms with E-state index in [0.29, 0.717) is 5.69 Å². The lowest BCUT2D eigenvalue weighted by molar-refractivity contribution is -0.148. The molecule has 1 aromatic carbocycles. The number of imide groups is 1. The van der Waals surface area contributed by atoms with Crippen LogP contribution in [0.5, 0.6) is 0 Å². The van der Waals surface area contributed by atoms with Crippen molar-refractivity contribution in [1.29, 1.82) is 0 Å². The summed E-state index contributed by atoms with van der Waals surface area (Å²) in [6.45, 7) is 1.95. The average Bonchev–Trinajstić information content (AvgIpc) is 2.78. The minimum atomic E-state index is -0.549. The van der Waals surface area contributed by atoms with Gasteiger partial charge in [-0.15, -0.1) is 0 Å². The first-order valence-electron chi connectivity index (χ1n) is 7.40. The highest BCUT2D eigenvalue weighted by Crippen LogP contribution is 2.46. The Kier molecular flexibility index (Phi) is 2.58. The fourth-order valence-corrected chi connectivity index (χ4v) is 3.86. The maximum Gasteiger partial charge on any atom is 0.240 e. The molecule has 5 nitrogen and oxygen atoms in total. The molecule has 5 rings (SSSR count). The van der Waals surface area contributed by atoms with Crippen LogP contribution in [0.3, 0.4) is 0 Å². The number of carbonyl (C=O) groups is 3. The van der Waals surface area contributed by atoms with E-state index in [2.05, 4.69) is 0 Å². The lowest BCUT2D eigenvalue weighted by atomic mass is 9.70. The second-order valence-corrected chi connectivity index (χ2v) is 6.25. The summed E-state index contributed by atoms with van der Waals surface area (Å²) >= 11 is 0. The Morgan fingerprint density at radius 3 is 2.18 bits per heavy atom. The van der Waals surface area contributed by atoms with Gasteiger partial charge in [0.05, 0.1) is 29.5 Å². The number of anilines is 1. The average molecular weight is 296 g/mol. The summed E-state index contributed by atoms with van der Waals surface area (Å²) in [5.74, 6) is -2.02. The van der Waals surface area contributed by atoms with E-state index in [1.54, 1.807) is 30.2 Å². The molecule has 0 N–H and O–H groups in total. The van der Waals surface area contributed by atoms with Gasteiger partial charge < -0.3 is 4.90 Å². The number of hydrogen-bond acceptors (Lipinski definition) is 3. The zero-order valence-corrected chi connectivity index (χ0v) is 12.4. The topological polar surface area (TPSA) is 57.7 Å². The number of amides is 3. The van der Waals surface area contributed by atoms with Crippen molar-refractivity contribution in [3.8, 4) is 0 Å². The summed E-state index contributed by atoms with van der Waals surface area (Å²) in [5, 5.41) is 0. The Bertz CT molecular complexity index is 722. The van der Waals surface area contributed by atoms with Crippen LogP contribution in [0, 0.1) is 24.7 Å². The van der Waals surface area contributed by atoms with Crippen LogP contribution < -0.4 is 4.90 Å². The first kappa shape index (κ1) is 13.2. The number of nitrogens with zero attached hydrogens (tertiary/aromatic N) is 2. The zero-order chi connectivity index (χ0) is 15.6. The van der Waals surface area contributed by atoms with Crippen molar-refractivity contribution >= 4 is 23.4 Å². The molecule has 112 valence electrons. The van der Waals surface area contributed by atoms with Crippen molar-refractivity contribution < 1.29 is 14.4 Å². The monoisotopic (exact) mass is 296 g/mol. The largest absolute Gasteiger partial charge is 0.338 e. The molecule has 3 amide bonds. The van der Waals surface area contributed by atoms with Crippen LogP contribution in [-0.2, 0) is 14.4 Å². The lowest BCUT2D eigenvalue weighted by Gasteiger charge is -2.44. The lowest BCUT2D eigenvalue weighted by Crippen LogP contribution is -2.57. The van der Waals surface area contributed by atoms with Crippen molar-refractivity contribution in [2.24, 2.45) is 17.8 Å². The van der Waals surface area contributed by atoms with Gasteiger partial charge >= 0.3 is 0 Å². The molecule has 4 aliphatic rings. The summed E-state index contributed by atoms with van der Waals surface area (Å²) < 4.78 is 0. The van der Waals surface area contributed by atoms with E-state index >= 15 is 0 Å². The third kappa shape index (κ3) is 1.51. The molecule has 0 radical (unpaired) electrons. The number of benzene rings is 1. The van der Waals surface area contributed by atoms with E-state index in [1.807, 2.05) is 25.1 Å². The van der Waals surface area contributed by atoms with Crippen molar-refractivity contribution in [2.75, 3.05) is 11.9 Å². The molecule has 0 aromatic heterocycles. The van der Waals surface area contributed by atoms with Gasteiger partial charge in [-0.3, -0.25) is 14.4 Å². The first-order chi connectivity index (χ1) is 10.5. The molecule has 2 fully saturated rings. The standard InChI is InChI=1S/C17H16N2O3/c1-9-3-5-10(6-4-9)19-16(21)13-11-7-8-12(14(13)17(19)22)18(2)15(11)20/h3-8,11-14H,1-2H3/t11-,12-,13-,14-/m0/s1. The number of carbonyl (C=O) groups excluding carboxylic acids is 3. The smallest absolute Gasteiger partial charge is 0.240 e. The van der Waals surface area contributed by atoms with E-state index in [-0.39, 0.29) is 23.8 Å². The zero-order valence-electron chi connectivity index (χ0n) is 12.4. The number of likely N-dealkylation sites (N-methyl/N-ethyl adjacent to an activating group) is 1.